The summed E-state index contributed by atoms with van der Waals surface area (Å²) in [4.78, 5) is 21.5. The summed E-state index contributed by atoms with van der Waals surface area (Å²) in [6.07, 6.45) is 0. The lowest BCUT2D eigenvalue weighted by Gasteiger charge is -2.32. The number of aromatic nitrogens is 2. The van der Waals surface area contributed by atoms with Gasteiger partial charge in [-0.25, -0.2) is 13.4 Å². The summed E-state index contributed by atoms with van der Waals surface area (Å²) in [5.74, 6) is 0.566. The van der Waals surface area contributed by atoms with Gasteiger partial charge in [-0.1, -0.05) is 25.4 Å². The SMILES string of the molecule is CCOc1ccc(S(=O)(=O)N2CCN(C)CC2)c(Cl)c1-c1nc(C(C)C)cc(=O)[nH]1. The van der Waals surface area contributed by atoms with Gasteiger partial charge in [-0.05, 0) is 32.0 Å². The molecule has 2 aromatic rings. The molecule has 164 valence electrons. The molecule has 1 saturated heterocycles. The minimum atomic E-state index is -3.82. The van der Waals surface area contributed by atoms with Crippen LogP contribution in [0.5, 0.6) is 5.75 Å². The van der Waals surface area contributed by atoms with E-state index in [9.17, 15) is 13.2 Å². The Morgan fingerprint density at radius 2 is 1.90 bits per heavy atom. The van der Waals surface area contributed by atoms with Gasteiger partial charge in [0.15, 0.2) is 0 Å². The number of hydrogen-bond donors (Lipinski definition) is 1. The number of nitrogens with zero attached hydrogens (tertiary/aromatic N) is 3. The van der Waals surface area contributed by atoms with Gasteiger partial charge < -0.3 is 14.6 Å². The van der Waals surface area contributed by atoms with Crippen LogP contribution in [0.15, 0.2) is 27.9 Å². The van der Waals surface area contributed by atoms with Gasteiger partial charge in [-0.3, -0.25) is 4.79 Å². The van der Waals surface area contributed by atoms with Gasteiger partial charge >= 0.3 is 0 Å². The minimum absolute atomic E-state index is 0.0102. The van der Waals surface area contributed by atoms with E-state index in [0.29, 0.717) is 44.2 Å². The van der Waals surface area contributed by atoms with E-state index >= 15 is 0 Å². The largest absolute Gasteiger partial charge is 0.493 e. The monoisotopic (exact) mass is 454 g/mol. The van der Waals surface area contributed by atoms with Crippen LogP contribution in [0.2, 0.25) is 5.02 Å². The smallest absolute Gasteiger partial charge is 0.251 e. The van der Waals surface area contributed by atoms with Gasteiger partial charge in [0.1, 0.15) is 16.5 Å². The number of ether oxygens (including phenoxy) is 1. The molecule has 0 aliphatic carbocycles. The van der Waals surface area contributed by atoms with Gasteiger partial charge in [-0.2, -0.15) is 4.31 Å². The summed E-state index contributed by atoms with van der Waals surface area (Å²) >= 11 is 6.64. The third-order valence-corrected chi connectivity index (χ3v) is 7.48. The van der Waals surface area contributed by atoms with Gasteiger partial charge in [0, 0.05) is 32.2 Å². The summed E-state index contributed by atoms with van der Waals surface area (Å²) in [6, 6.07) is 4.44. The second-order valence-electron chi connectivity index (χ2n) is 7.56. The molecule has 1 aromatic heterocycles. The summed E-state index contributed by atoms with van der Waals surface area (Å²) in [7, 11) is -1.86. The molecule has 1 aliphatic heterocycles. The number of H-pyrrole nitrogens is 1. The summed E-state index contributed by atoms with van der Waals surface area (Å²) < 4.78 is 33.7. The minimum Gasteiger partial charge on any atom is -0.493 e. The fourth-order valence-electron chi connectivity index (χ4n) is 3.29. The first-order valence-corrected chi connectivity index (χ1v) is 11.7. The Morgan fingerprint density at radius 3 is 2.50 bits per heavy atom. The van der Waals surface area contributed by atoms with Crippen molar-refractivity contribution in [1.82, 2.24) is 19.2 Å². The summed E-state index contributed by atoms with van der Waals surface area (Å²) in [5.41, 5.74) is 0.516. The number of halogens is 1. The Kier molecular flexibility index (Phi) is 6.86. The molecular weight excluding hydrogens is 428 g/mol. The van der Waals surface area contributed by atoms with E-state index in [1.807, 2.05) is 27.8 Å². The molecule has 8 nitrogen and oxygen atoms in total. The first kappa shape index (κ1) is 22.7. The molecule has 1 aromatic carbocycles. The molecule has 10 heteroatoms. The molecule has 30 heavy (non-hydrogen) atoms. The summed E-state index contributed by atoms with van der Waals surface area (Å²) in [5, 5.41) is -0.0102. The number of rotatable bonds is 6. The zero-order valence-corrected chi connectivity index (χ0v) is 19.2. The van der Waals surface area contributed by atoms with E-state index in [4.69, 9.17) is 16.3 Å². The Morgan fingerprint density at radius 1 is 1.23 bits per heavy atom. The summed E-state index contributed by atoms with van der Waals surface area (Å²) in [6.45, 7) is 8.06. The van der Waals surface area contributed by atoms with Gasteiger partial charge in [0.25, 0.3) is 5.56 Å². The molecule has 3 rings (SSSR count). The lowest BCUT2D eigenvalue weighted by molar-refractivity contribution is 0.222. The highest BCUT2D eigenvalue weighted by Gasteiger charge is 2.31. The van der Waals surface area contributed by atoms with Crippen LogP contribution in [0.1, 0.15) is 32.4 Å². The lowest BCUT2D eigenvalue weighted by atomic mass is 10.1. The molecular formula is C20H27ClN4O4S. The molecule has 0 saturated carbocycles. The average molecular weight is 455 g/mol. The Bertz CT molecular complexity index is 1080. The molecule has 1 fully saturated rings. The molecule has 0 radical (unpaired) electrons. The molecule has 0 bridgehead atoms. The maximum absolute atomic E-state index is 13.3. The van der Waals surface area contributed by atoms with Crippen LogP contribution in [0.3, 0.4) is 0 Å². The highest BCUT2D eigenvalue weighted by molar-refractivity contribution is 7.89. The van der Waals surface area contributed by atoms with Gasteiger partial charge in [-0.15, -0.1) is 0 Å². The van der Waals surface area contributed by atoms with Crippen molar-refractivity contribution in [3.05, 3.63) is 39.3 Å². The highest BCUT2D eigenvalue weighted by Crippen LogP contribution is 2.40. The predicted molar refractivity (Wildman–Crippen MR) is 117 cm³/mol. The van der Waals surface area contributed by atoms with Gasteiger partial charge in [0.05, 0.1) is 22.9 Å². The molecule has 0 unspecified atom stereocenters. The molecule has 1 N–H and O–H groups in total. The van der Waals surface area contributed by atoms with Crippen molar-refractivity contribution in [1.29, 1.82) is 0 Å². The van der Waals surface area contributed by atoms with Crippen LogP contribution in [0, 0.1) is 0 Å². The van der Waals surface area contributed by atoms with Crippen molar-refractivity contribution < 1.29 is 13.2 Å². The van der Waals surface area contributed by atoms with E-state index in [-0.39, 0.29) is 32.8 Å². The van der Waals surface area contributed by atoms with Crippen molar-refractivity contribution >= 4 is 21.6 Å². The molecule has 0 amide bonds. The van der Waals surface area contributed by atoms with Crippen LogP contribution in [-0.2, 0) is 10.0 Å². The normalized spacial score (nSPS) is 16.2. The zero-order valence-electron chi connectivity index (χ0n) is 17.6. The fourth-order valence-corrected chi connectivity index (χ4v) is 5.32. The van der Waals surface area contributed by atoms with Crippen LogP contribution >= 0.6 is 11.6 Å². The highest BCUT2D eigenvalue weighted by atomic mass is 35.5. The molecule has 0 atom stereocenters. The number of likely N-dealkylation sites (N-methyl/N-ethyl adjacent to an activating group) is 1. The van der Waals surface area contributed by atoms with Crippen molar-refractivity contribution in [3.8, 4) is 17.1 Å². The van der Waals surface area contributed by atoms with Crippen LogP contribution in [-0.4, -0.2) is 67.4 Å². The molecule has 2 heterocycles. The lowest BCUT2D eigenvalue weighted by Crippen LogP contribution is -2.47. The van der Waals surface area contributed by atoms with E-state index in [1.165, 1.54) is 16.4 Å². The first-order chi connectivity index (χ1) is 14.1. The average Bonchev–Trinajstić information content (AvgIpc) is 2.68. The van der Waals surface area contributed by atoms with Crippen LogP contribution in [0.25, 0.3) is 11.4 Å². The number of hydrogen-bond acceptors (Lipinski definition) is 6. The van der Waals surface area contributed by atoms with E-state index in [2.05, 4.69) is 14.9 Å². The fraction of sp³-hybridized carbons (Fsp3) is 0.500. The van der Waals surface area contributed by atoms with Gasteiger partial charge in [0.2, 0.25) is 10.0 Å². The number of piperazine rings is 1. The maximum Gasteiger partial charge on any atom is 0.251 e. The number of sulfonamides is 1. The van der Waals surface area contributed by atoms with E-state index < -0.39 is 10.0 Å². The number of benzene rings is 1. The first-order valence-electron chi connectivity index (χ1n) is 9.90. The second-order valence-corrected chi connectivity index (χ2v) is 9.85. The standard InChI is InChI=1S/C20H27ClN4O4S/c1-5-29-15-6-7-16(30(27,28)25-10-8-24(4)9-11-25)19(21)18(15)20-22-14(13(2)3)12-17(26)23-20/h6-7,12-13H,5,8-11H2,1-4H3,(H,22,23,26). The van der Waals surface area contributed by atoms with Crippen molar-refractivity contribution in [2.45, 2.75) is 31.6 Å². The molecule has 1 aliphatic rings. The maximum atomic E-state index is 13.3. The third kappa shape index (κ3) is 4.54. The van der Waals surface area contributed by atoms with Crippen LogP contribution in [0.4, 0.5) is 0 Å². The third-order valence-electron chi connectivity index (χ3n) is 5.04. The van der Waals surface area contributed by atoms with Crippen LogP contribution < -0.4 is 10.3 Å². The Hall–Kier alpha value is -1.94. The van der Waals surface area contributed by atoms with Crippen molar-refractivity contribution in [2.75, 3.05) is 39.8 Å². The Balaban J connectivity index is 2.17. The van der Waals surface area contributed by atoms with Crippen molar-refractivity contribution in [3.63, 3.8) is 0 Å². The topological polar surface area (TPSA) is 95.6 Å². The van der Waals surface area contributed by atoms with Crippen molar-refractivity contribution in [2.24, 2.45) is 0 Å². The number of aromatic amines is 1. The second kappa shape index (κ2) is 9.05. The van der Waals surface area contributed by atoms with E-state index in [1.54, 1.807) is 6.07 Å². The quantitative estimate of drug-likeness (QED) is 0.720. The Labute approximate surface area is 181 Å². The predicted octanol–water partition coefficient (Wildman–Crippen LogP) is 2.55. The number of nitrogens with one attached hydrogen (secondary N) is 1. The van der Waals surface area contributed by atoms with E-state index in [0.717, 1.165) is 0 Å². The molecule has 0 spiro atoms. The zero-order chi connectivity index (χ0) is 22.1.